The SMILES string of the molecule is CC(=O)O.CC(=O)O.CC(C)(C)OC(=O)N[C@H](Cc1ccc(-c2ccccn2)cc1)C(N)=O.CC1(C)OB(c2ccccn2)OC1(C)C.[CH2+]C(C)(C)OC(=O)N[C@H](Cc1ccc(I)cc1)C(N)=O.[Pd]. The molecule has 1 aliphatic heterocycles. The number of hydrogen-bond acceptors (Lipinski definition) is 12. The smallest absolute Gasteiger partial charge is 0.481 e. The number of primary amides is 2. The molecule has 2 aromatic carbocycles. The van der Waals surface area contributed by atoms with E-state index in [1.165, 1.54) is 0 Å². The van der Waals surface area contributed by atoms with E-state index in [9.17, 15) is 19.2 Å². The first-order valence-corrected chi connectivity index (χ1v) is 22.2. The second-order valence-corrected chi connectivity index (χ2v) is 18.9. The van der Waals surface area contributed by atoms with Crippen LogP contribution in [0.1, 0.15) is 87.3 Å². The first-order valence-electron chi connectivity index (χ1n) is 21.1. The number of carboxylic acids is 2. The van der Waals surface area contributed by atoms with Crippen LogP contribution in [0.2, 0.25) is 0 Å². The van der Waals surface area contributed by atoms with Gasteiger partial charge in [-0.2, -0.15) is 0 Å². The third-order valence-electron chi connectivity index (χ3n) is 8.93. The van der Waals surface area contributed by atoms with Crippen molar-refractivity contribution in [2.75, 3.05) is 0 Å². The molecule has 0 radical (unpaired) electrons. The van der Waals surface area contributed by atoms with Gasteiger partial charge in [0, 0.05) is 82.5 Å². The average molecular weight is 1160 g/mol. The molecule has 5 rings (SSSR count). The summed E-state index contributed by atoms with van der Waals surface area (Å²) in [5, 5.41) is 19.8. The number of carbonyl (C=O) groups excluding carboxylic acids is 4. The Bertz CT molecular complexity index is 2190. The fourth-order valence-corrected chi connectivity index (χ4v) is 5.59. The van der Waals surface area contributed by atoms with Gasteiger partial charge in [-0.1, -0.05) is 48.5 Å². The molecule has 21 heteroatoms. The zero-order valence-corrected chi connectivity index (χ0v) is 44.5. The molecule has 1 aliphatic rings. The Hall–Kier alpha value is -5.59. The maximum atomic E-state index is 11.9. The number of nitrogens with one attached hydrogen (secondary N) is 2. The summed E-state index contributed by atoms with van der Waals surface area (Å²) in [6.07, 6.45) is 2.72. The summed E-state index contributed by atoms with van der Waals surface area (Å²) in [6, 6.07) is 25.0. The quantitative estimate of drug-likeness (QED) is 0.0550. The third-order valence-corrected chi connectivity index (χ3v) is 9.65. The molecule has 378 valence electrons. The van der Waals surface area contributed by atoms with Crippen molar-refractivity contribution in [3.8, 4) is 11.3 Å². The van der Waals surface area contributed by atoms with E-state index in [0.717, 1.165) is 45.4 Å². The Morgan fingerprint density at radius 1 is 0.696 bits per heavy atom. The number of nitrogens with two attached hydrogens (primary N) is 2. The summed E-state index contributed by atoms with van der Waals surface area (Å²) >= 11 is 2.19. The number of benzene rings is 2. The molecule has 8 N–H and O–H groups in total. The Labute approximate surface area is 432 Å². The van der Waals surface area contributed by atoms with E-state index in [0.29, 0.717) is 6.42 Å². The molecule has 2 aromatic heterocycles. The largest absolute Gasteiger partial charge is 0.514 e. The second kappa shape index (κ2) is 29.4. The van der Waals surface area contributed by atoms with E-state index in [4.69, 9.17) is 50.1 Å². The maximum Gasteiger partial charge on any atom is 0.514 e. The summed E-state index contributed by atoms with van der Waals surface area (Å²) in [5.74, 6) is -2.89. The third kappa shape index (κ3) is 27.3. The van der Waals surface area contributed by atoms with Crippen molar-refractivity contribution in [3.05, 3.63) is 119 Å². The fraction of sp³-hybridized carbons (Fsp3) is 0.396. The Morgan fingerprint density at radius 2 is 1.09 bits per heavy atom. The zero-order valence-electron chi connectivity index (χ0n) is 40.8. The minimum atomic E-state index is -0.866. The van der Waals surface area contributed by atoms with Crippen LogP contribution in [0.5, 0.6) is 0 Å². The minimum absolute atomic E-state index is 0. The molecule has 1 saturated heterocycles. The summed E-state index contributed by atoms with van der Waals surface area (Å²) in [5.41, 5.74) is 13.0. The number of pyridine rings is 2. The molecule has 69 heavy (non-hydrogen) atoms. The summed E-state index contributed by atoms with van der Waals surface area (Å²) < 4.78 is 23.0. The fourth-order valence-electron chi connectivity index (χ4n) is 5.23. The van der Waals surface area contributed by atoms with Crippen molar-refractivity contribution in [1.82, 2.24) is 20.6 Å². The van der Waals surface area contributed by atoms with Gasteiger partial charge in [-0.3, -0.25) is 29.1 Å². The standard InChI is InChI=1S/C19H23N3O3.C14H17IN2O3.C11H16BNO2.2C2H4O2.Pd/c1-19(2,3)25-18(24)22-16(17(20)23)12-13-7-9-14(10-8-13)15-6-4-5-11-21-15;1-14(2,3)20-13(19)17-11(12(16)18)8-9-4-6-10(15)7-5-9;1-10(2)11(3,4)15-12(14-10)9-7-5-6-8-13-9;2*1-2(3)4;/h4-11,16H,12H2,1-3H3,(H2,20,23)(H,22,24);4-7,11H,1,8H2,2-3H3,(H2-,16,17,18,19);5-8H,1-4H3;2*1H3,(H,3,4);/p+1/t16-;11-;;;;/m11..../s1. The number of rotatable bonds is 11. The van der Waals surface area contributed by atoms with Crippen molar-refractivity contribution in [2.24, 2.45) is 11.5 Å². The van der Waals surface area contributed by atoms with Gasteiger partial charge in [0.15, 0.2) is 0 Å². The van der Waals surface area contributed by atoms with Gasteiger partial charge in [0.25, 0.3) is 11.9 Å². The summed E-state index contributed by atoms with van der Waals surface area (Å²) in [7, 11) is -0.351. The Morgan fingerprint density at radius 3 is 1.43 bits per heavy atom. The number of alkyl carbamates (subject to hydrolysis) is 2. The van der Waals surface area contributed by atoms with Gasteiger partial charge in [-0.15, -0.1) is 0 Å². The Kier molecular flexibility index (Phi) is 27.1. The van der Waals surface area contributed by atoms with Crippen molar-refractivity contribution in [1.29, 1.82) is 0 Å². The van der Waals surface area contributed by atoms with Crippen LogP contribution < -0.4 is 27.7 Å². The molecule has 2 atom stereocenters. The predicted octanol–water partition coefficient (Wildman–Crippen LogP) is 6.26. The molecule has 0 aliphatic carbocycles. The average Bonchev–Trinajstić information content (AvgIpc) is 3.43. The number of aromatic nitrogens is 2. The molecule has 18 nitrogen and oxygen atoms in total. The molecular weight excluding hydrogens is 1100 g/mol. The Balaban J connectivity index is 0.000000944. The number of halogens is 1. The summed E-state index contributed by atoms with van der Waals surface area (Å²) in [4.78, 5) is 73.1. The van der Waals surface area contributed by atoms with Crippen LogP contribution in [0, 0.1) is 10.5 Å². The number of hydrogen-bond donors (Lipinski definition) is 6. The van der Waals surface area contributed by atoms with Crippen LogP contribution in [0.3, 0.4) is 0 Å². The molecule has 0 spiro atoms. The molecule has 4 aromatic rings. The van der Waals surface area contributed by atoms with E-state index in [2.05, 4.69) is 50.1 Å². The van der Waals surface area contributed by atoms with E-state index in [-0.39, 0.29) is 45.2 Å². The molecule has 3 heterocycles. The number of amides is 4. The number of nitrogens with zero attached hydrogens (tertiary/aromatic N) is 2. The predicted molar refractivity (Wildman–Crippen MR) is 267 cm³/mol. The van der Waals surface area contributed by atoms with Crippen molar-refractivity contribution < 1.29 is 78.2 Å². The molecule has 1 fully saturated rings. The van der Waals surface area contributed by atoms with Gasteiger partial charge in [0.05, 0.1) is 22.5 Å². The van der Waals surface area contributed by atoms with Crippen molar-refractivity contribution in [3.63, 3.8) is 0 Å². The number of aliphatic carboxylic acids is 2. The van der Waals surface area contributed by atoms with Crippen LogP contribution in [-0.4, -0.2) is 97.7 Å². The van der Waals surface area contributed by atoms with Gasteiger partial charge >= 0.3 is 19.3 Å². The second-order valence-electron chi connectivity index (χ2n) is 17.7. The van der Waals surface area contributed by atoms with Crippen LogP contribution in [0.15, 0.2) is 97.3 Å². The summed E-state index contributed by atoms with van der Waals surface area (Å²) in [6.45, 7) is 22.5. The number of carbonyl (C=O) groups is 6. The van der Waals surface area contributed by atoms with Gasteiger partial charge in [0.2, 0.25) is 17.4 Å². The van der Waals surface area contributed by atoms with Crippen LogP contribution >= 0.6 is 22.6 Å². The van der Waals surface area contributed by atoms with E-state index >= 15 is 0 Å². The van der Waals surface area contributed by atoms with Gasteiger partial charge in [-0.05, 0) is 119 Å². The van der Waals surface area contributed by atoms with Crippen molar-refractivity contribution in [2.45, 2.75) is 123 Å². The minimum Gasteiger partial charge on any atom is -0.481 e. The topological polar surface area (TPSA) is 282 Å². The number of ether oxygens (including phenoxy) is 2. The molecular formula is C48H65BIN6O12Pd+. The normalized spacial score (nSPS) is 13.8. The first-order chi connectivity index (χ1) is 31.3. The number of carboxylic acid groups (broad SMARTS) is 2. The molecule has 4 amide bonds. The van der Waals surface area contributed by atoms with E-state index in [1.807, 2.05) is 113 Å². The first kappa shape index (κ1) is 63.4. The van der Waals surface area contributed by atoms with Crippen molar-refractivity contribution >= 4 is 71.2 Å². The van der Waals surface area contributed by atoms with Gasteiger partial charge in [-0.25, -0.2) is 9.59 Å². The van der Waals surface area contributed by atoms with Gasteiger partial charge in [0.1, 0.15) is 24.6 Å². The monoisotopic (exact) mass is 1160 g/mol. The van der Waals surface area contributed by atoms with E-state index < -0.39 is 59.2 Å². The molecule has 0 unspecified atom stereocenters. The molecule has 0 bridgehead atoms. The molecule has 0 saturated carbocycles. The van der Waals surface area contributed by atoms with Crippen LogP contribution in [0.25, 0.3) is 11.3 Å². The van der Waals surface area contributed by atoms with Gasteiger partial charge < -0.3 is 51.1 Å². The van der Waals surface area contributed by atoms with Crippen LogP contribution in [0.4, 0.5) is 9.59 Å². The van der Waals surface area contributed by atoms with E-state index in [1.54, 1.807) is 47.0 Å². The van der Waals surface area contributed by atoms with Crippen LogP contribution in [-0.2, 0) is 71.2 Å². The maximum absolute atomic E-state index is 11.9. The zero-order chi connectivity index (χ0) is 52.0.